The maximum Gasteiger partial charge on any atom is 0.177 e. The van der Waals surface area contributed by atoms with Crippen LogP contribution in [0.5, 0.6) is 0 Å². The van der Waals surface area contributed by atoms with Crippen LogP contribution in [0.4, 0.5) is 0 Å². The fraction of sp³-hybridized carbons (Fsp3) is 0.464. The minimum Gasteiger partial charge on any atom is -0.355 e. The van der Waals surface area contributed by atoms with E-state index in [-0.39, 0.29) is 7.43 Å². The Morgan fingerprint density at radius 1 is 0.633 bits per heavy atom. The Hall–Kier alpha value is -2.35. The SMILES string of the molecule is C.CC.CC.CC.Cc1cccc[n+]1C.Cc1ccccc1C.Cc1cccn1C. The zero-order valence-electron chi connectivity index (χ0n) is 21.2. The van der Waals surface area contributed by atoms with Crippen molar-refractivity contribution in [2.75, 3.05) is 0 Å². The van der Waals surface area contributed by atoms with Crippen LogP contribution in [0.1, 0.15) is 71.5 Å². The molecule has 0 N–H and O–H groups in total. The average Bonchev–Trinajstić information content (AvgIpc) is 3.14. The lowest BCUT2D eigenvalue weighted by molar-refractivity contribution is -0.677. The zero-order valence-corrected chi connectivity index (χ0v) is 21.2. The predicted octanol–water partition coefficient (Wildman–Crippen LogP) is 8.17. The van der Waals surface area contributed by atoms with Gasteiger partial charge in [0.15, 0.2) is 11.9 Å². The Balaban J connectivity index is -0.000000148. The molecular formula is C28H51N2+. The summed E-state index contributed by atoms with van der Waals surface area (Å²) in [5.41, 5.74) is 5.33. The van der Waals surface area contributed by atoms with Gasteiger partial charge in [0.1, 0.15) is 7.05 Å². The van der Waals surface area contributed by atoms with E-state index < -0.39 is 0 Å². The number of aromatic nitrogens is 2. The van der Waals surface area contributed by atoms with Crippen molar-refractivity contribution in [3.8, 4) is 0 Å². The topological polar surface area (TPSA) is 8.81 Å². The van der Waals surface area contributed by atoms with Gasteiger partial charge >= 0.3 is 0 Å². The van der Waals surface area contributed by atoms with E-state index in [1.807, 2.05) is 86.2 Å². The molecule has 2 heterocycles. The molecule has 2 nitrogen and oxygen atoms in total. The minimum atomic E-state index is 0. The van der Waals surface area contributed by atoms with E-state index >= 15 is 0 Å². The molecule has 0 aliphatic heterocycles. The van der Waals surface area contributed by atoms with E-state index in [1.54, 1.807) is 0 Å². The van der Waals surface area contributed by atoms with Gasteiger partial charge in [0.05, 0.1) is 0 Å². The van der Waals surface area contributed by atoms with Crippen molar-refractivity contribution in [2.24, 2.45) is 14.1 Å². The number of rotatable bonds is 0. The Labute approximate surface area is 189 Å². The van der Waals surface area contributed by atoms with Crippen LogP contribution in [0.3, 0.4) is 0 Å². The van der Waals surface area contributed by atoms with Crippen LogP contribution in [-0.2, 0) is 14.1 Å². The van der Waals surface area contributed by atoms with E-state index in [4.69, 9.17) is 0 Å². The number of nitrogens with zero attached hydrogens (tertiary/aromatic N) is 2. The van der Waals surface area contributed by atoms with Crippen molar-refractivity contribution in [1.82, 2.24) is 4.57 Å². The van der Waals surface area contributed by atoms with Crippen LogP contribution in [-0.4, -0.2) is 4.57 Å². The molecule has 2 heteroatoms. The summed E-state index contributed by atoms with van der Waals surface area (Å²) in [7, 11) is 4.07. The van der Waals surface area contributed by atoms with Gasteiger partial charge in [-0.1, -0.05) is 79.3 Å². The number of hydrogen-bond donors (Lipinski definition) is 0. The predicted molar refractivity (Wildman–Crippen MR) is 139 cm³/mol. The van der Waals surface area contributed by atoms with Gasteiger partial charge in [0.2, 0.25) is 0 Å². The van der Waals surface area contributed by atoms with Crippen LogP contribution in [0, 0.1) is 27.7 Å². The maximum atomic E-state index is 2.12. The molecule has 1 aromatic carbocycles. The third-order valence-corrected chi connectivity index (χ3v) is 3.94. The van der Waals surface area contributed by atoms with Gasteiger partial charge in [-0.3, -0.25) is 0 Å². The molecule has 0 atom stereocenters. The molecule has 3 rings (SSSR count). The van der Waals surface area contributed by atoms with E-state index in [0.717, 1.165) is 0 Å². The Morgan fingerprint density at radius 2 is 1.07 bits per heavy atom. The number of benzene rings is 1. The molecule has 0 aliphatic rings. The Bertz CT molecular complexity index is 610. The normalized spacial score (nSPS) is 7.73. The molecule has 30 heavy (non-hydrogen) atoms. The van der Waals surface area contributed by atoms with E-state index in [9.17, 15) is 0 Å². The third kappa shape index (κ3) is 17.7. The molecule has 0 bridgehead atoms. The van der Waals surface area contributed by atoms with Crippen molar-refractivity contribution in [2.45, 2.75) is 76.7 Å². The molecule has 0 saturated heterocycles. The smallest absolute Gasteiger partial charge is 0.177 e. The highest BCUT2D eigenvalue weighted by Crippen LogP contribution is 2.02. The number of hydrogen-bond acceptors (Lipinski definition) is 0. The van der Waals surface area contributed by atoms with Gasteiger partial charge in [-0.15, -0.1) is 0 Å². The summed E-state index contributed by atoms with van der Waals surface area (Å²) in [6.45, 7) is 20.4. The van der Waals surface area contributed by atoms with E-state index in [1.165, 1.54) is 22.5 Å². The molecule has 0 radical (unpaired) electrons. The quantitative estimate of drug-likeness (QED) is 0.327. The first-order chi connectivity index (χ1) is 13.9. The average molecular weight is 416 g/mol. The lowest BCUT2D eigenvalue weighted by atomic mass is 10.1. The summed E-state index contributed by atoms with van der Waals surface area (Å²) in [5.74, 6) is 0. The molecular weight excluding hydrogens is 364 g/mol. The summed E-state index contributed by atoms with van der Waals surface area (Å²) in [6.07, 6.45) is 4.07. The second-order valence-corrected chi connectivity index (χ2v) is 5.80. The number of aryl methyl sites for hydroxylation is 6. The minimum absolute atomic E-state index is 0. The molecule has 0 saturated carbocycles. The first-order valence-corrected chi connectivity index (χ1v) is 10.9. The van der Waals surface area contributed by atoms with Crippen LogP contribution in [0.2, 0.25) is 0 Å². The second kappa shape index (κ2) is 24.7. The highest BCUT2D eigenvalue weighted by Gasteiger charge is 1.91. The van der Waals surface area contributed by atoms with Crippen LogP contribution in [0.15, 0.2) is 67.0 Å². The molecule has 0 spiro atoms. The van der Waals surface area contributed by atoms with Gasteiger partial charge in [-0.05, 0) is 44.0 Å². The highest BCUT2D eigenvalue weighted by atomic mass is 14.9. The maximum absolute atomic E-state index is 2.12. The lowest BCUT2D eigenvalue weighted by Gasteiger charge is -1.93. The summed E-state index contributed by atoms with van der Waals surface area (Å²) in [4.78, 5) is 0. The summed E-state index contributed by atoms with van der Waals surface area (Å²) in [6, 6.07) is 18.6. The van der Waals surface area contributed by atoms with Gasteiger partial charge in [0, 0.05) is 38.0 Å². The van der Waals surface area contributed by atoms with E-state index in [0.29, 0.717) is 0 Å². The molecule has 0 aliphatic carbocycles. The highest BCUT2D eigenvalue weighted by molar-refractivity contribution is 5.23. The number of pyridine rings is 1. The van der Waals surface area contributed by atoms with Crippen molar-refractivity contribution in [3.05, 3.63) is 89.5 Å². The zero-order chi connectivity index (χ0) is 23.2. The van der Waals surface area contributed by atoms with Crippen molar-refractivity contribution in [1.29, 1.82) is 0 Å². The van der Waals surface area contributed by atoms with Gasteiger partial charge in [-0.2, -0.15) is 0 Å². The molecule has 172 valence electrons. The first kappa shape index (κ1) is 35.1. The van der Waals surface area contributed by atoms with Crippen molar-refractivity contribution >= 4 is 0 Å². The van der Waals surface area contributed by atoms with Crippen LogP contribution >= 0.6 is 0 Å². The van der Waals surface area contributed by atoms with Gasteiger partial charge in [0.25, 0.3) is 0 Å². The third-order valence-electron chi connectivity index (χ3n) is 3.94. The van der Waals surface area contributed by atoms with E-state index in [2.05, 4.69) is 73.2 Å². The lowest BCUT2D eigenvalue weighted by Crippen LogP contribution is -2.30. The molecule has 0 fully saturated rings. The fourth-order valence-corrected chi connectivity index (χ4v) is 1.82. The molecule has 2 aromatic heterocycles. The monoisotopic (exact) mass is 415 g/mol. The van der Waals surface area contributed by atoms with Crippen LogP contribution < -0.4 is 4.57 Å². The Morgan fingerprint density at radius 3 is 1.27 bits per heavy atom. The summed E-state index contributed by atoms with van der Waals surface area (Å²) in [5, 5.41) is 0. The van der Waals surface area contributed by atoms with Gasteiger partial charge < -0.3 is 4.57 Å². The standard InChI is InChI=1S/C8H10.C7H10N.C6H9N.3C2H6.CH4/c2*1-7-5-3-4-6-8(7)2;1-6-4-3-5-7(6)2;3*1-2;/h2*3-6H,1-2H3;3-5H,1-2H3;3*1-2H3;1H4/q;+1;;;;;. The molecule has 3 aromatic rings. The molecule has 0 amide bonds. The summed E-state index contributed by atoms with van der Waals surface area (Å²) >= 11 is 0. The largest absolute Gasteiger partial charge is 0.355 e. The van der Waals surface area contributed by atoms with Crippen LogP contribution in [0.25, 0.3) is 0 Å². The Kier molecular flexibility index (Phi) is 28.9. The van der Waals surface area contributed by atoms with Crippen molar-refractivity contribution < 1.29 is 4.57 Å². The van der Waals surface area contributed by atoms with Gasteiger partial charge in [-0.25, -0.2) is 4.57 Å². The fourth-order valence-electron chi connectivity index (χ4n) is 1.82. The molecule has 0 unspecified atom stereocenters. The second-order valence-electron chi connectivity index (χ2n) is 5.80. The van der Waals surface area contributed by atoms with Crippen molar-refractivity contribution in [3.63, 3.8) is 0 Å². The summed E-state index contributed by atoms with van der Waals surface area (Å²) < 4.78 is 4.17. The first-order valence-electron chi connectivity index (χ1n) is 10.9.